The zero-order valence-corrected chi connectivity index (χ0v) is 17.8. The SMILES string of the molecule is CCOC(=O)c1ccsc1NC(=O)Cn1c(=O)c(N2CCCCC2)c(N)n(C)c1=O. The molecule has 2 aromatic rings. The first-order chi connectivity index (χ1) is 14.3. The van der Waals surface area contributed by atoms with Crippen molar-refractivity contribution in [3.8, 4) is 0 Å². The van der Waals surface area contributed by atoms with Crippen molar-refractivity contribution in [1.29, 1.82) is 0 Å². The fraction of sp³-hybridized carbons (Fsp3) is 0.474. The van der Waals surface area contributed by atoms with Crippen LogP contribution in [0.5, 0.6) is 0 Å². The average molecular weight is 436 g/mol. The zero-order chi connectivity index (χ0) is 21.8. The Morgan fingerprint density at radius 3 is 2.60 bits per heavy atom. The Kier molecular flexibility index (Phi) is 6.60. The number of aromatic nitrogens is 2. The highest BCUT2D eigenvalue weighted by Gasteiger charge is 2.24. The highest BCUT2D eigenvalue weighted by molar-refractivity contribution is 7.14. The molecule has 1 fully saturated rings. The maximum atomic E-state index is 13.0. The molecule has 1 amide bonds. The molecule has 0 spiro atoms. The Balaban J connectivity index is 1.88. The number of rotatable bonds is 6. The van der Waals surface area contributed by atoms with Gasteiger partial charge in [0.1, 0.15) is 23.1 Å². The highest BCUT2D eigenvalue weighted by Crippen LogP contribution is 2.24. The van der Waals surface area contributed by atoms with E-state index >= 15 is 0 Å². The summed E-state index contributed by atoms with van der Waals surface area (Å²) in [6.07, 6.45) is 2.93. The van der Waals surface area contributed by atoms with Crippen molar-refractivity contribution in [2.75, 3.05) is 35.6 Å². The number of amides is 1. The summed E-state index contributed by atoms with van der Waals surface area (Å²) in [5, 5.41) is 4.54. The van der Waals surface area contributed by atoms with Gasteiger partial charge in [0.25, 0.3) is 5.56 Å². The van der Waals surface area contributed by atoms with Gasteiger partial charge in [-0.05, 0) is 37.6 Å². The molecule has 0 aliphatic carbocycles. The van der Waals surface area contributed by atoms with Crippen LogP contribution >= 0.6 is 11.3 Å². The number of nitrogens with zero attached hydrogens (tertiary/aromatic N) is 3. The van der Waals surface area contributed by atoms with E-state index in [1.807, 2.05) is 4.90 Å². The van der Waals surface area contributed by atoms with E-state index in [1.165, 1.54) is 11.6 Å². The summed E-state index contributed by atoms with van der Waals surface area (Å²) in [5.74, 6) is -1.06. The van der Waals surface area contributed by atoms with Crippen LogP contribution in [0.1, 0.15) is 36.5 Å². The maximum Gasteiger partial charge on any atom is 0.341 e. The highest BCUT2D eigenvalue weighted by atomic mass is 32.1. The number of hydrogen-bond acceptors (Lipinski definition) is 8. The molecule has 0 aromatic carbocycles. The summed E-state index contributed by atoms with van der Waals surface area (Å²) in [7, 11) is 1.47. The number of carbonyl (C=O) groups excluding carboxylic acids is 2. The van der Waals surface area contributed by atoms with E-state index in [2.05, 4.69) is 5.32 Å². The second kappa shape index (κ2) is 9.16. The second-order valence-electron chi connectivity index (χ2n) is 6.95. The van der Waals surface area contributed by atoms with E-state index in [0.29, 0.717) is 18.1 Å². The van der Waals surface area contributed by atoms with Crippen LogP contribution < -0.4 is 27.2 Å². The van der Waals surface area contributed by atoms with Gasteiger partial charge in [-0.25, -0.2) is 14.2 Å². The monoisotopic (exact) mass is 435 g/mol. The number of nitrogens with one attached hydrogen (secondary N) is 1. The molecule has 11 heteroatoms. The molecule has 1 aliphatic heterocycles. The smallest absolute Gasteiger partial charge is 0.341 e. The molecule has 1 aliphatic rings. The lowest BCUT2D eigenvalue weighted by Gasteiger charge is -2.29. The van der Waals surface area contributed by atoms with E-state index < -0.39 is 29.7 Å². The van der Waals surface area contributed by atoms with Crippen molar-refractivity contribution in [2.45, 2.75) is 32.7 Å². The Labute approximate surface area is 176 Å². The molecule has 30 heavy (non-hydrogen) atoms. The second-order valence-corrected chi connectivity index (χ2v) is 7.86. The number of esters is 1. The van der Waals surface area contributed by atoms with Gasteiger partial charge in [0.05, 0.1) is 12.2 Å². The fourth-order valence-corrected chi connectivity index (χ4v) is 4.20. The number of thiophene rings is 1. The molecule has 0 saturated carbocycles. The lowest BCUT2D eigenvalue weighted by atomic mass is 10.1. The molecule has 0 radical (unpaired) electrons. The molecule has 3 N–H and O–H groups in total. The van der Waals surface area contributed by atoms with Crippen LogP contribution in [0.25, 0.3) is 0 Å². The summed E-state index contributed by atoms with van der Waals surface area (Å²) < 4.78 is 7.01. The largest absolute Gasteiger partial charge is 0.462 e. The van der Waals surface area contributed by atoms with E-state index in [0.717, 1.165) is 35.2 Å². The molecule has 10 nitrogen and oxygen atoms in total. The molecule has 162 valence electrons. The van der Waals surface area contributed by atoms with Crippen molar-refractivity contribution in [1.82, 2.24) is 9.13 Å². The van der Waals surface area contributed by atoms with Gasteiger partial charge in [-0.3, -0.25) is 14.2 Å². The Morgan fingerprint density at radius 2 is 1.93 bits per heavy atom. The predicted octanol–water partition coefficient (Wildman–Crippen LogP) is 0.996. The zero-order valence-electron chi connectivity index (χ0n) is 17.0. The molecule has 2 aromatic heterocycles. The predicted molar refractivity (Wildman–Crippen MR) is 115 cm³/mol. The average Bonchev–Trinajstić information content (AvgIpc) is 3.19. The maximum absolute atomic E-state index is 13.0. The first kappa shape index (κ1) is 21.6. The Morgan fingerprint density at radius 1 is 1.23 bits per heavy atom. The molecular formula is C19H25N5O5S. The van der Waals surface area contributed by atoms with Crippen LogP contribution in [0.15, 0.2) is 21.0 Å². The molecular weight excluding hydrogens is 410 g/mol. The summed E-state index contributed by atoms with van der Waals surface area (Å²) >= 11 is 1.15. The first-order valence-electron chi connectivity index (χ1n) is 9.73. The molecule has 3 heterocycles. The third-order valence-corrected chi connectivity index (χ3v) is 5.79. The van der Waals surface area contributed by atoms with Gasteiger partial charge < -0.3 is 20.7 Å². The molecule has 1 saturated heterocycles. The van der Waals surface area contributed by atoms with E-state index in [4.69, 9.17) is 10.5 Å². The number of ether oxygens (including phenoxy) is 1. The number of nitrogen functional groups attached to an aromatic ring is 1. The van der Waals surface area contributed by atoms with Gasteiger partial charge in [-0.1, -0.05) is 0 Å². The number of hydrogen-bond donors (Lipinski definition) is 2. The summed E-state index contributed by atoms with van der Waals surface area (Å²) in [6, 6.07) is 1.54. The van der Waals surface area contributed by atoms with Crippen LogP contribution in [0.2, 0.25) is 0 Å². The molecule has 0 bridgehead atoms. The van der Waals surface area contributed by atoms with Gasteiger partial charge in [-0.2, -0.15) is 0 Å². The normalized spacial score (nSPS) is 13.9. The van der Waals surface area contributed by atoms with Gasteiger partial charge in [-0.15, -0.1) is 11.3 Å². The minimum Gasteiger partial charge on any atom is -0.462 e. The number of carbonyl (C=O) groups is 2. The van der Waals surface area contributed by atoms with Crippen LogP contribution in [0.4, 0.5) is 16.5 Å². The first-order valence-corrected chi connectivity index (χ1v) is 10.6. The van der Waals surface area contributed by atoms with Gasteiger partial charge in [0, 0.05) is 20.1 Å². The quantitative estimate of drug-likeness (QED) is 0.648. The third kappa shape index (κ3) is 4.25. The Bertz CT molecular complexity index is 1060. The third-order valence-electron chi connectivity index (χ3n) is 4.96. The fourth-order valence-electron chi connectivity index (χ4n) is 3.41. The van der Waals surface area contributed by atoms with Crippen LogP contribution in [0.3, 0.4) is 0 Å². The summed E-state index contributed by atoms with van der Waals surface area (Å²) in [4.78, 5) is 52.1. The molecule has 3 rings (SSSR count). The van der Waals surface area contributed by atoms with Gasteiger partial charge in [0.15, 0.2) is 0 Å². The van der Waals surface area contributed by atoms with Crippen LogP contribution in [0, 0.1) is 0 Å². The van der Waals surface area contributed by atoms with Crippen molar-refractivity contribution in [2.24, 2.45) is 7.05 Å². The Hall–Kier alpha value is -3.08. The van der Waals surface area contributed by atoms with E-state index in [9.17, 15) is 19.2 Å². The van der Waals surface area contributed by atoms with Gasteiger partial charge >= 0.3 is 11.7 Å². The van der Waals surface area contributed by atoms with Crippen molar-refractivity contribution >= 4 is 39.7 Å². The van der Waals surface area contributed by atoms with Crippen molar-refractivity contribution in [3.63, 3.8) is 0 Å². The molecule has 0 unspecified atom stereocenters. The summed E-state index contributed by atoms with van der Waals surface area (Å²) in [5.41, 5.74) is 5.26. The van der Waals surface area contributed by atoms with E-state index in [1.54, 1.807) is 18.4 Å². The minimum absolute atomic E-state index is 0.0893. The van der Waals surface area contributed by atoms with Crippen LogP contribution in [-0.4, -0.2) is 40.7 Å². The standard InChI is InChI=1S/C19H25N5O5S/c1-3-29-18(27)12-7-10-30-16(12)21-13(25)11-24-17(26)14(15(20)22(2)19(24)28)23-8-5-4-6-9-23/h7,10H,3-6,8-9,11,20H2,1-2H3,(H,21,25). The molecule has 0 atom stereocenters. The van der Waals surface area contributed by atoms with Crippen molar-refractivity contribution in [3.05, 3.63) is 37.8 Å². The lowest BCUT2D eigenvalue weighted by Crippen LogP contribution is -2.46. The topological polar surface area (TPSA) is 129 Å². The van der Waals surface area contributed by atoms with Crippen molar-refractivity contribution < 1.29 is 14.3 Å². The minimum atomic E-state index is -0.676. The van der Waals surface area contributed by atoms with E-state index in [-0.39, 0.29) is 23.7 Å². The van der Waals surface area contributed by atoms with Gasteiger partial charge in [0.2, 0.25) is 5.91 Å². The number of anilines is 3. The van der Waals surface area contributed by atoms with Crippen LogP contribution in [-0.2, 0) is 23.1 Å². The summed E-state index contributed by atoms with van der Waals surface area (Å²) in [6.45, 7) is 2.74. The number of piperidine rings is 1. The lowest BCUT2D eigenvalue weighted by molar-refractivity contribution is -0.116. The number of nitrogens with two attached hydrogens (primary N) is 1.